The van der Waals surface area contributed by atoms with Gasteiger partial charge in [-0.3, -0.25) is 9.59 Å². The van der Waals surface area contributed by atoms with Crippen LogP contribution in [0, 0.1) is 11.7 Å². The lowest BCUT2D eigenvalue weighted by Crippen LogP contribution is -2.24. The van der Waals surface area contributed by atoms with E-state index in [-0.39, 0.29) is 17.2 Å². The van der Waals surface area contributed by atoms with Crippen molar-refractivity contribution >= 4 is 17.4 Å². The fourth-order valence-electron chi connectivity index (χ4n) is 4.23. The molecule has 0 atom stereocenters. The van der Waals surface area contributed by atoms with E-state index in [1.54, 1.807) is 6.07 Å². The summed E-state index contributed by atoms with van der Waals surface area (Å²) >= 11 is 0. The summed E-state index contributed by atoms with van der Waals surface area (Å²) in [6.45, 7) is 0. The molecule has 1 amide bonds. The minimum atomic E-state index is -4.58. The van der Waals surface area contributed by atoms with Crippen molar-refractivity contribution in [1.29, 1.82) is 0 Å². The van der Waals surface area contributed by atoms with Gasteiger partial charge in [0.05, 0.1) is 11.3 Å². The topological polar surface area (TPSA) is 72.0 Å². The number of benzene rings is 2. The maximum absolute atomic E-state index is 13.3. The third kappa shape index (κ3) is 5.30. The van der Waals surface area contributed by atoms with Gasteiger partial charge >= 0.3 is 6.18 Å². The second kappa shape index (κ2) is 9.70. The average molecular weight is 471 g/mol. The molecule has 1 N–H and O–H groups in total. The number of rotatable bonds is 5. The number of nitrogens with one attached hydrogen (secondary N) is 1. The van der Waals surface area contributed by atoms with Crippen LogP contribution >= 0.6 is 0 Å². The zero-order valence-corrected chi connectivity index (χ0v) is 18.0. The Hall–Kier alpha value is -3.62. The average Bonchev–Trinajstić information content (AvgIpc) is 2.84. The molecule has 1 heterocycles. The number of anilines is 1. The molecule has 1 saturated carbocycles. The van der Waals surface area contributed by atoms with Gasteiger partial charge in [-0.2, -0.15) is 18.3 Å². The molecule has 2 aromatic carbocycles. The Bertz CT molecular complexity index is 1170. The Kier molecular flexibility index (Phi) is 6.72. The number of hydrogen-bond acceptors (Lipinski definition) is 4. The summed E-state index contributed by atoms with van der Waals surface area (Å²) in [6.07, 6.45) is -2.51. The Morgan fingerprint density at radius 3 is 2.15 bits per heavy atom. The van der Waals surface area contributed by atoms with Gasteiger partial charge < -0.3 is 5.32 Å². The summed E-state index contributed by atoms with van der Waals surface area (Å²) in [4.78, 5) is 25.1. The number of nitrogens with zero attached hydrogens (tertiary/aromatic N) is 2. The first-order valence-corrected chi connectivity index (χ1v) is 10.8. The number of Topliss-reactive ketones (excluding diaryl/α,β-unsaturated/α-hetero) is 1. The van der Waals surface area contributed by atoms with Crippen molar-refractivity contribution in [1.82, 2.24) is 10.2 Å². The van der Waals surface area contributed by atoms with Crippen molar-refractivity contribution in [3.05, 3.63) is 89.0 Å². The Labute approximate surface area is 193 Å². The van der Waals surface area contributed by atoms with Crippen molar-refractivity contribution in [3.8, 4) is 0 Å². The van der Waals surface area contributed by atoms with Gasteiger partial charge in [0.25, 0.3) is 5.91 Å². The van der Waals surface area contributed by atoms with Gasteiger partial charge in [0, 0.05) is 23.1 Å². The second-order valence-electron chi connectivity index (χ2n) is 8.26. The lowest BCUT2D eigenvalue weighted by Gasteiger charge is -2.27. The number of amides is 1. The van der Waals surface area contributed by atoms with E-state index in [0.717, 1.165) is 6.07 Å². The fourth-order valence-corrected chi connectivity index (χ4v) is 4.23. The first-order valence-electron chi connectivity index (χ1n) is 10.8. The van der Waals surface area contributed by atoms with Crippen LogP contribution in [0.4, 0.5) is 23.2 Å². The van der Waals surface area contributed by atoms with Crippen LogP contribution in [0.25, 0.3) is 0 Å². The van der Waals surface area contributed by atoms with Crippen molar-refractivity contribution < 1.29 is 27.2 Å². The SMILES string of the molecule is O=C(Nc1ccc(F)cc1)c1ccc(C2CCC(C(=O)c3ccccc3C(F)(F)F)CC2)nn1. The highest BCUT2D eigenvalue weighted by atomic mass is 19.4. The summed E-state index contributed by atoms with van der Waals surface area (Å²) in [5.74, 6) is -1.85. The third-order valence-electron chi connectivity index (χ3n) is 6.03. The van der Waals surface area contributed by atoms with Crippen molar-refractivity contribution in [2.45, 2.75) is 37.8 Å². The maximum Gasteiger partial charge on any atom is 0.417 e. The zero-order valence-electron chi connectivity index (χ0n) is 18.0. The largest absolute Gasteiger partial charge is 0.417 e. The fraction of sp³-hybridized carbons (Fsp3) is 0.280. The zero-order chi connectivity index (χ0) is 24.3. The maximum atomic E-state index is 13.3. The van der Waals surface area contributed by atoms with Gasteiger partial charge in [-0.05, 0) is 68.1 Å². The standard InChI is InChI=1S/C25H21F4N3O2/c26-17-9-11-18(12-10-17)30-24(34)22-14-13-21(31-32-22)15-5-7-16(8-6-15)23(33)19-3-1-2-4-20(19)25(27,28)29/h1-4,9-16H,5-8H2,(H,30,34). The Morgan fingerprint density at radius 2 is 1.53 bits per heavy atom. The van der Waals surface area contributed by atoms with Gasteiger partial charge in [-0.25, -0.2) is 4.39 Å². The molecule has 5 nitrogen and oxygen atoms in total. The first kappa shape index (κ1) is 23.5. The second-order valence-corrected chi connectivity index (χ2v) is 8.26. The normalized spacial score (nSPS) is 18.4. The smallest absolute Gasteiger partial charge is 0.321 e. The molecule has 1 fully saturated rings. The predicted octanol–water partition coefficient (Wildman–Crippen LogP) is 6.04. The Balaban J connectivity index is 1.37. The van der Waals surface area contributed by atoms with Crippen LogP contribution in [0.15, 0.2) is 60.7 Å². The number of aromatic nitrogens is 2. The highest BCUT2D eigenvalue weighted by molar-refractivity contribution is 6.02. The number of alkyl halides is 3. The summed E-state index contributed by atoms with van der Waals surface area (Å²) in [5.41, 5.74) is 0.00485. The predicted molar refractivity (Wildman–Crippen MR) is 117 cm³/mol. The number of ketones is 1. The van der Waals surface area contributed by atoms with E-state index in [4.69, 9.17) is 0 Å². The number of carbonyl (C=O) groups is 2. The molecular weight excluding hydrogens is 450 g/mol. The van der Waals surface area contributed by atoms with E-state index in [1.807, 2.05) is 0 Å². The molecule has 0 radical (unpaired) electrons. The van der Waals surface area contributed by atoms with Gasteiger partial charge in [-0.1, -0.05) is 18.2 Å². The summed E-state index contributed by atoms with van der Waals surface area (Å²) in [5, 5.41) is 10.7. The van der Waals surface area contributed by atoms with Crippen LogP contribution < -0.4 is 5.32 Å². The summed E-state index contributed by atoms with van der Waals surface area (Å²) < 4.78 is 52.8. The molecule has 0 saturated heterocycles. The van der Waals surface area contributed by atoms with E-state index in [9.17, 15) is 27.2 Å². The van der Waals surface area contributed by atoms with Crippen molar-refractivity contribution in [2.75, 3.05) is 5.32 Å². The third-order valence-corrected chi connectivity index (χ3v) is 6.03. The van der Waals surface area contributed by atoms with Crippen LogP contribution in [-0.2, 0) is 6.18 Å². The molecule has 0 spiro atoms. The number of carbonyl (C=O) groups excluding carboxylic acids is 2. The number of hydrogen-bond donors (Lipinski definition) is 1. The summed E-state index contributed by atoms with van der Waals surface area (Å²) in [6, 6.07) is 13.4. The molecule has 3 aromatic rings. The van der Waals surface area contributed by atoms with E-state index < -0.39 is 35.2 Å². The summed E-state index contributed by atoms with van der Waals surface area (Å²) in [7, 11) is 0. The Morgan fingerprint density at radius 1 is 0.853 bits per heavy atom. The van der Waals surface area contributed by atoms with Gasteiger partial charge in [0.15, 0.2) is 11.5 Å². The molecule has 34 heavy (non-hydrogen) atoms. The van der Waals surface area contributed by atoms with E-state index in [0.29, 0.717) is 37.1 Å². The van der Waals surface area contributed by atoms with Gasteiger partial charge in [0.2, 0.25) is 0 Å². The van der Waals surface area contributed by atoms with Crippen LogP contribution in [0.5, 0.6) is 0 Å². The highest BCUT2D eigenvalue weighted by Gasteiger charge is 2.37. The molecular formula is C25H21F4N3O2. The molecule has 4 rings (SSSR count). The van der Waals surface area contributed by atoms with Crippen LogP contribution in [-0.4, -0.2) is 21.9 Å². The minimum Gasteiger partial charge on any atom is -0.321 e. The quantitative estimate of drug-likeness (QED) is 0.364. The molecule has 0 bridgehead atoms. The molecule has 9 heteroatoms. The lowest BCUT2D eigenvalue weighted by atomic mass is 9.77. The molecule has 0 aliphatic heterocycles. The lowest BCUT2D eigenvalue weighted by molar-refractivity contribution is -0.138. The van der Waals surface area contributed by atoms with Crippen LogP contribution in [0.2, 0.25) is 0 Å². The van der Waals surface area contributed by atoms with E-state index in [2.05, 4.69) is 15.5 Å². The molecule has 176 valence electrons. The number of halogens is 4. The molecule has 1 aromatic heterocycles. The van der Waals surface area contributed by atoms with Gasteiger partial charge in [-0.15, -0.1) is 5.10 Å². The minimum absolute atomic E-state index is 0.00335. The van der Waals surface area contributed by atoms with Crippen molar-refractivity contribution in [2.24, 2.45) is 5.92 Å². The molecule has 0 unspecified atom stereocenters. The molecule has 1 aliphatic rings. The van der Waals surface area contributed by atoms with Gasteiger partial charge in [0.1, 0.15) is 5.82 Å². The van der Waals surface area contributed by atoms with Crippen LogP contribution in [0.1, 0.15) is 63.7 Å². The van der Waals surface area contributed by atoms with E-state index in [1.165, 1.54) is 48.5 Å². The van der Waals surface area contributed by atoms with E-state index >= 15 is 0 Å². The monoisotopic (exact) mass is 471 g/mol. The first-order chi connectivity index (χ1) is 16.2. The molecule has 1 aliphatic carbocycles. The van der Waals surface area contributed by atoms with Crippen LogP contribution in [0.3, 0.4) is 0 Å². The highest BCUT2D eigenvalue weighted by Crippen LogP contribution is 2.38. The van der Waals surface area contributed by atoms with Crippen molar-refractivity contribution in [3.63, 3.8) is 0 Å².